The number of rotatable bonds is 3. The summed E-state index contributed by atoms with van der Waals surface area (Å²) in [7, 11) is 0. The molecule has 0 spiro atoms. The molecule has 0 aliphatic heterocycles. The van der Waals surface area contributed by atoms with E-state index in [-0.39, 0.29) is 16.2 Å². The number of anilines is 1. The number of nitrogens with one attached hydrogen (secondary N) is 3. The second-order valence-corrected chi connectivity index (χ2v) is 4.77. The van der Waals surface area contributed by atoms with Gasteiger partial charge in [0.15, 0.2) is 4.77 Å². The van der Waals surface area contributed by atoms with Crippen molar-refractivity contribution in [1.29, 1.82) is 0 Å². The van der Waals surface area contributed by atoms with Crippen molar-refractivity contribution in [3.63, 3.8) is 0 Å². The molecular weight excluding hydrogens is 276 g/mol. The average Bonchev–Trinajstić information content (AvgIpc) is 2.34. The van der Waals surface area contributed by atoms with E-state index in [1.54, 1.807) is 0 Å². The van der Waals surface area contributed by atoms with E-state index in [1.807, 2.05) is 32.0 Å². The van der Waals surface area contributed by atoms with E-state index in [9.17, 15) is 9.90 Å². The van der Waals surface area contributed by atoms with E-state index in [2.05, 4.69) is 20.5 Å². The van der Waals surface area contributed by atoms with E-state index < -0.39 is 5.56 Å². The number of hydrogen-bond acceptors (Lipinski definition) is 5. The smallest absolute Gasteiger partial charge is 0.264 e. The number of nitrogens with zero attached hydrogens (tertiary/aromatic N) is 1. The van der Waals surface area contributed by atoms with Crippen LogP contribution in [0.2, 0.25) is 0 Å². The summed E-state index contributed by atoms with van der Waals surface area (Å²) < 4.78 is 0.0620. The average molecular weight is 290 g/mol. The Balaban J connectivity index is 2.23. The molecule has 0 aliphatic rings. The third kappa shape index (κ3) is 3.12. The number of aromatic amines is 2. The van der Waals surface area contributed by atoms with Gasteiger partial charge in [0.25, 0.3) is 5.56 Å². The van der Waals surface area contributed by atoms with Crippen LogP contribution in [0.15, 0.2) is 28.1 Å². The Kier molecular flexibility index (Phi) is 3.99. The van der Waals surface area contributed by atoms with Crippen LogP contribution in [0.25, 0.3) is 0 Å². The van der Waals surface area contributed by atoms with Crippen molar-refractivity contribution in [2.24, 2.45) is 5.10 Å². The number of hydrogen-bond donors (Lipinski definition) is 4. The highest BCUT2D eigenvalue weighted by Crippen LogP contribution is 2.15. The second kappa shape index (κ2) is 5.70. The monoisotopic (exact) mass is 290 g/mol. The van der Waals surface area contributed by atoms with Gasteiger partial charge in [-0.15, -0.1) is 0 Å². The SMILES string of the molecule is Cc1ccc(NN=Cc2c(O)[nH]c(=S)[nH]c2=O)c(C)c1. The Hall–Kier alpha value is -2.41. The van der Waals surface area contributed by atoms with Gasteiger partial charge in [0.2, 0.25) is 5.88 Å². The van der Waals surface area contributed by atoms with Gasteiger partial charge in [-0.05, 0) is 37.7 Å². The van der Waals surface area contributed by atoms with E-state index >= 15 is 0 Å². The van der Waals surface area contributed by atoms with Crippen LogP contribution in [0.4, 0.5) is 5.69 Å². The van der Waals surface area contributed by atoms with Crippen molar-refractivity contribution in [1.82, 2.24) is 9.97 Å². The van der Waals surface area contributed by atoms with Crippen LogP contribution >= 0.6 is 12.2 Å². The first kappa shape index (κ1) is 14.0. The molecule has 2 rings (SSSR count). The second-order valence-electron chi connectivity index (χ2n) is 4.36. The van der Waals surface area contributed by atoms with E-state index in [1.165, 1.54) is 6.21 Å². The van der Waals surface area contributed by atoms with Crippen molar-refractivity contribution < 1.29 is 5.11 Å². The Morgan fingerprint density at radius 1 is 1.35 bits per heavy atom. The zero-order valence-electron chi connectivity index (χ0n) is 11.0. The molecule has 0 aliphatic carbocycles. The topological polar surface area (TPSA) is 93.3 Å². The van der Waals surface area contributed by atoms with Crippen LogP contribution < -0.4 is 11.0 Å². The third-order valence-corrected chi connectivity index (χ3v) is 2.92. The highest BCUT2D eigenvalue weighted by molar-refractivity contribution is 7.71. The fourth-order valence-corrected chi connectivity index (χ4v) is 1.90. The summed E-state index contributed by atoms with van der Waals surface area (Å²) in [5.74, 6) is -0.315. The van der Waals surface area contributed by atoms with Gasteiger partial charge in [-0.3, -0.25) is 15.2 Å². The van der Waals surface area contributed by atoms with Crippen molar-refractivity contribution in [2.75, 3.05) is 5.43 Å². The van der Waals surface area contributed by atoms with Crippen LogP contribution in [-0.2, 0) is 0 Å². The minimum absolute atomic E-state index is 0.0101. The quantitative estimate of drug-likeness (QED) is 0.396. The molecule has 0 bridgehead atoms. The molecular formula is C13H14N4O2S. The Morgan fingerprint density at radius 2 is 2.10 bits per heavy atom. The fourth-order valence-electron chi connectivity index (χ4n) is 1.71. The van der Waals surface area contributed by atoms with Crippen molar-refractivity contribution in [3.8, 4) is 5.88 Å². The number of aromatic nitrogens is 2. The number of hydrazone groups is 1. The highest BCUT2D eigenvalue weighted by Gasteiger charge is 2.04. The third-order valence-electron chi connectivity index (χ3n) is 2.72. The maximum Gasteiger partial charge on any atom is 0.264 e. The summed E-state index contributed by atoms with van der Waals surface area (Å²) in [6.07, 6.45) is 1.23. The van der Waals surface area contributed by atoms with E-state index in [0.717, 1.165) is 16.8 Å². The minimum atomic E-state index is -0.502. The molecule has 0 atom stereocenters. The molecule has 20 heavy (non-hydrogen) atoms. The summed E-state index contributed by atoms with van der Waals surface area (Å²) in [6.45, 7) is 3.96. The van der Waals surface area contributed by atoms with Gasteiger partial charge in [-0.2, -0.15) is 5.10 Å². The summed E-state index contributed by atoms with van der Waals surface area (Å²) in [5.41, 5.74) is 5.35. The normalized spacial score (nSPS) is 10.9. The number of benzene rings is 1. The largest absolute Gasteiger partial charge is 0.494 e. The lowest BCUT2D eigenvalue weighted by Crippen LogP contribution is -2.14. The molecule has 1 aromatic carbocycles. The Bertz CT molecular complexity index is 777. The molecule has 2 aromatic rings. The number of H-pyrrole nitrogens is 2. The molecule has 6 nitrogen and oxygen atoms in total. The first-order valence-electron chi connectivity index (χ1n) is 5.89. The lowest BCUT2D eigenvalue weighted by atomic mass is 10.1. The van der Waals surface area contributed by atoms with Crippen molar-refractivity contribution in [3.05, 3.63) is 50.0 Å². The summed E-state index contributed by atoms with van der Waals surface area (Å²) >= 11 is 4.73. The zero-order chi connectivity index (χ0) is 14.7. The summed E-state index contributed by atoms with van der Waals surface area (Å²) in [4.78, 5) is 16.4. The molecule has 4 N–H and O–H groups in total. The molecule has 0 fully saturated rings. The number of aryl methyl sites for hydroxylation is 2. The summed E-state index contributed by atoms with van der Waals surface area (Å²) in [5, 5.41) is 13.5. The molecule has 7 heteroatoms. The van der Waals surface area contributed by atoms with Gasteiger partial charge in [0.1, 0.15) is 5.56 Å². The molecule has 0 radical (unpaired) electrons. The van der Waals surface area contributed by atoms with Gasteiger partial charge < -0.3 is 10.1 Å². The molecule has 1 aromatic heterocycles. The van der Waals surface area contributed by atoms with Crippen LogP contribution in [0.3, 0.4) is 0 Å². The van der Waals surface area contributed by atoms with E-state index in [4.69, 9.17) is 12.2 Å². The predicted octanol–water partition coefficient (Wildman–Crippen LogP) is 2.20. The van der Waals surface area contributed by atoms with Crippen molar-refractivity contribution >= 4 is 24.1 Å². The maximum atomic E-state index is 11.6. The highest BCUT2D eigenvalue weighted by atomic mass is 32.1. The minimum Gasteiger partial charge on any atom is -0.494 e. The van der Waals surface area contributed by atoms with Gasteiger partial charge in [-0.25, -0.2) is 0 Å². The van der Waals surface area contributed by atoms with Crippen LogP contribution in [-0.4, -0.2) is 21.3 Å². The lowest BCUT2D eigenvalue weighted by molar-refractivity contribution is 0.449. The van der Waals surface area contributed by atoms with Gasteiger partial charge in [0.05, 0.1) is 11.9 Å². The van der Waals surface area contributed by atoms with Gasteiger partial charge >= 0.3 is 0 Å². The molecule has 0 amide bonds. The summed E-state index contributed by atoms with van der Waals surface area (Å²) in [6, 6.07) is 5.86. The lowest BCUT2D eigenvalue weighted by Gasteiger charge is -2.05. The van der Waals surface area contributed by atoms with Gasteiger partial charge in [0, 0.05) is 0 Å². The first-order valence-corrected chi connectivity index (χ1v) is 6.30. The molecule has 1 heterocycles. The van der Waals surface area contributed by atoms with Crippen molar-refractivity contribution in [2.45, 2.75) is 13.8 Å². The molecule has 0 saturated carbocycles. The first-order chi connectivity index (χ1) is 9.47. The predicted molar refractivity (Wildman–Crippen MR) is 81.0 cm³/mol. The maximum absolute atomic E-state index is 11.6. The van der Waals surface area contributed by atoms with Gasteiger partial charge in [-0.1, -0.05) is 17.7 Å². The fraction of sp³-hybridized carbons (Fsp3) is 0.154. The Labute approximate surface area is 120 Å². The standard InChI is InChI=1S/C13H14N4O2S/c1-7-3-4-10(8(2)5-7)17-14-6-9-11(18)15-13(20)16-12(9)19/h3-6,17H,1-2H3,(H3,15,16,18,19,20). The molecule has 0 unspecified atom stereocenters. The van der Waals surface area contributed by atoms with Crippen LogP contribution in [0.5, 0.6) is 5.88 Å². The molecule has 104 valence electrons. The Morgan fingerprint density at radius 3 is 2.75 bits per heavy atom. The van der Waals surface area contributed by atoms with E-state index in [0.29, 0.717) is 0 Å². The molecule has 0 saturated heterocycles. The van der Waals surface area contributed by atoms with Crippen LogP contribution in [0, 0.1) is 18.6 Å². The number of aromatic hydroxyl groups is 1. The van der Waals surface area contributed by atoms with Crippen LogP contribution in [0.1, 0.15) is 16.7 Å². The zero-order valence-corrected chi connectivity index (χ0v) is 11.8.